The predicted octanol–water partition coefficient (Wildman–Crippen LogP) is 4.10. The minimum Gasteiger partial charge on any atom is -0.325 e. The van der Waals surface area contributed by atoms with E-state index >= 15 is 0 Å². The average Bonchev–Trinajstić information content (AvgIpc) is 2.49. The second-order valence-electron chi connectivity index (χ2n) is 3.93. The molecule has 1 aromatic carbocycles. The summed E-state index contributed by atoms with van der Waals surface area (Å²) in [6, 6.07) is 10.6. The molecule has 0 spiro atoms. The molecule has 0 saturated heterocycles. The number of carbonyl (C=O) groups is 1. The van der Waals surface area contributed by atoms with E-state index in [1.165, 1.54) is 11.8 Å². The summed E-state index contributed by atoms with van der Waals surface area (Å²) in [5, 5.41) is 12.8. The fraction of sp³-hybridized carbons (Fsp3) is 0.0714. The van der Waals surface area contributed by atoms with Crippen molar-refractivity contribution in [1.82, 2.24) is 4.98 Å². The van der Waals surface area contributed by atoms with Crippen LogP contribution in [0, 0.1) is 11.3 Å². The van der Waals surface area contributed by atoms with Gasteiger partial charge in [-0.3, -0.25) is 4.79 Å². The van der Waals surface area contributed by atoms with Crippen LogP contribution < -0.4 is 5.32 Å². The van der Waals surface area contributed by atoms with Crippen LogP contribution in [-0.2, 0) is 4.79 Å². The molecule has 0 unspecified atom stereocenters. The lowest BCUT2D eigenvalue weighted by Crippen LogP contribution is -2.14. The summed E-state index contributed by atoms with van der Waals surface area (Å²) in [6.45, 7) is 0. The summed E-state index contributed by atoms with van der Waals surface area (Å²) in [5.41, 5.74) is 1.08. The Morgan fingerprint density at radius 3 is 3.00 bits per heavy atom. The predicted molar refractivity (Wildman–Crippen MR) is 87.5 cm³/mol. The van der Waals surface area contributed by atoms with Crippen molar-refractivity contribution in [3.05, 3.63) is 51.6 Å². The summed E-state index contributed by atoms with van der Waals surface area (Å²) < 4.78 is 0.767. The average molecular weight is 383 g/mol. The van der Waals surface area contributed by atoms with Crippen LogP contribution >= 0.6 is 39.3 Å². The molecule has 1 aromatic heterocycles. The minimum absolute atomic E-state index is 0.166. The first-order valence-corrected chi connectivity index (χ1v) is 7.98. The number of benzene rings is 1. The molecule has 0 aliphatic carbocycles. The van der Waals surface area contributed by atoms with E-state index in [-0.39, 0.29) is 11.7 Å². The number of hydrogen-bond donors (Lipinski definition) is 1. The number of nitriles is 1. The number of carbonyl (C=O) groups excluding carboxylic acids is 1. The topological polar surface area (TPSA) is 65.8 Å². The number of aromatic nitrogens is 1. The number of anilines is 1. The number of nitrogens with one attached hydrogen (secondary N) is 1. The van der Waals surface area contributed by atoms with Gasteiger partial charge in [-0.2, -0.15) is 5.26 Å². The highest BCUT2D eigenvalue weighted by Gasteiger charge is 2.08. The largest absolute Gasteiger partial charge is 0.325 e. The van der Waals surface area contributed by atoms with E-state index in [9.17, 15) is 4.79 Å². The van der Waals surface area contributed by atoms with E-state index in [0.29, 0.717) is 21.3 Å². The molecule has 1 amide bonds. The SMILES string of the molecule is N#Cc1cccnc1SCC(=O)Nc1ccc(Br)c(Cl)c1. The van der Waals surface area contributed by atoms with Gasteiger partial charge in [0.25, 0.3) is 0 Å². The zero-order valence-electron chi connectivity index (χ0n) is 10.6. The summed E-state index contributed by atoms with van der Waals surface area (Å²) >= 11 is 10.5. The smallest absolute Gasteiger partial charge is 0.234 e. The quantitative estimate of drug-likeness (QED) is 0.809. The van der Waals surface area contributed by atoms with Gasteiger partial charge >= 0.3 is 0 Å². The van der Waals surface area contributed by atoms with Gasteiger partial charge in [0.2, 0.25) is 5.91 Å². The van der Waals surface area contributed by atoms with Crippen molar-refractivity contribution in [1.29, 1.82) is 5.26 Å². The molecule has 2 rings (SSSR count). The maximum absolute atomic E-state index is 11.9. The highest BCUT2D eigenvalue weighted by atomic mass is 79.9. The molecule has 0 fully saturated rings. The molecule has 7 heteroatoms. The molecule has 0 bridgehead atoms. The second-order valence-corrected chi connectivity index (χ2v) is 6.16. The number of rotatable bonds is 4. The maximum atomic E-state index is 11.9. The molecule has 0 aliphatic heterocycles. The van der Waals surface area contributed by atoms with Crippen LogP contribution in [0.1, 0.15) is 5.56 Å². The third-order valence-corrected chi connectivity index (χ3v) is 4.67. The molecule has 106 valence electrons. The van der Waals surface area contributed by atoms with Crippen LogP contribution in [0.4, 0.5) is 5.69 Å². The molecule has 1 heterocycles. The Kier molecular flexibility index (Phi) is 5.62. The number of halogens is 2. The van der Waals surface area contributed by atoms with Crippen molar-refractivity contribution in [2.75, 3.05) is 11.1 Å². The molecular formula is C14H9BrClN3OS. The molecule has 0 atom stereocenters. The summed E-state index contributed by atoms with van der Waals surface area (Å²) in [7, 11) is 0. The van der Waals surface area contributed by atoms with Crippen molar-refractivity contribution in [2.45, 2.75) is 5.03 Å². The van der Waals surface area contributed by atoms with Crippen LogP contribution in [-0.4, -0.2) is 16.6 Å². The molecule has 0 aliphatic rings. The van der Waals surface area contributed by atoms with Crippen LogP contribution in [0.3, 0.4) is 0 Å². The summed E-state index contributed by atoms with van der Waals surface area (Å²) in [4.78, 5) is 16.0. The van der Waals surface area contributed by atoms with E-state index in [2.05, 4.69) is 26.2 Å². The number of thioether (sulfide) groups is 1. The first kappa shape index (κ1) is 15.8. The van der Waals surface area contributed by atoms with E-state index in [1.54, 1.807) is 36.5 Å². The van der Waals surface area contributed by atoms with E-state index in [4.69, 9.17) is 16.9 Å². The molecule has 21 heavy (non-hydrogen) atoms. The lowest BCUT2D eigenvalue weighted by molar-refractivity contribution is -0.113. The van der Waals surface area contributed by atoms with Gasteiger partial charge in [-0.05, 0) is 46.3 Å². The Balaban J connectivity index is 1.96. The van der Waals surface area contributed by atoms with Crippen molar-refractivity contribution < 1.29 is 4.79 Å². The molecule has 0 saturated carbocycles. The van der Waals surface area contributed by atoms with Crippen LogP contribution in [0.15, 0.2) is 46.0 Å². The van der Waals surface area contributed by atoms with Gasteiger partial charge in [0.05, 0.1) is 16.3 Å². The summed E-state index contributed by atoms with van der Waals surface area (Å²) in [5.74, 6) is -0.0211. The van der Waals surface area contributed by atoms with Gasteiger partial charge in [0.15, 0.2) is 0 Å². The van der Waals surface area contributed by atoms with Crippen LogP contribution in [0.2, 0.25) is 5.02 Å². The van der Waals surface area contributed by atoms with Gasteiger partial charge in [0, 0.05) is 16.4 Å². The zero-order valence-corrected chi connectivity index (χ0v) is 13.8. The Morgan fingerprint density at radius 2 is 2.29 bits per heavy atom. The van der Waals surface area contributed by atoms with Crippen LogP contribution in [0.5, 0.6) is 0 Å². The monoisotopic (exact) mass is 381 g/mol. The van der Waals surface area contributed by atoms with Crippen LogP contribution in [0.25, 0.3) is 0 Å². The molecular weight excluding hydrogens is 374 g/mol. The molecule has 0 radical (unpaired) electrons. The molecule has 2 aromatic rings. The zero-order chi connectivity index (χ0) is 15.2. The third-order valence-electron chi connectivity index (χ3n) is 2.43. The van der Waals surface area contributed by atoms with Crippen molar-refractivity contribution in [2.24, 2.45) is 0 Å². The fourth-order valence-electron chi connectivity index (χ4n) is 1.50. The number of amides is 1. The Morgan fingerprint density at radius 1 is 1.48 bits per heavy atom. The minimum atomic E-state index is -0.187. The Hall–Kier alpha value is -1.55. The van der Waals surface area contributed by atoms with Crippen molar-refractivity contribution >= 4 is 50.9 Å². The lowest BCUT2D eigenvalue weighted by atomic mass is 10.3. The standard InChI is InChI=1S/C14H9BrClN3OS/c15-11-4-3-10(6-12(11)16)19-13(20)8-21-14-9(7-17)2-1-5-18-14/h1-6H,8H2,(H,19,20). The molecule has 4 nitrogen and oxygen atoms in total. The number of nitrogens with zero attached hydrogens (tertiary/aromatic N) is 2. The van der Waals surface area contributed by atoms with Gasteiger partial charge < -0.3 is 5.32 Å². The number of pyridine rings is 1. The van der Waals surface area contributed by atoms with Gasteiger partial charge in [-0.15, -0.1) is 0 Å². The van der Waals surface area contributed by atoms with Gasteiger partial charge in [-0.25, -0.2) is 4.98 Å². The molecule has 1 N–H and O–H groups in total. The van der Waals surface area contributed by atoms with E-state index in [0.717, 1.165) is 4.47 Å². The van der Waals surface area contributed by atoms with Crippen molar-refractivity contribution in [3.8, 4) is 6.07 Å². The van der Waals surface area contributed by atoms with Crippen molar-refractivity contribution in [3.63, 3.8) is 0 Å². The second kappa shape index (κ2) is 7.46. The van der Waals surface area contributed by atoms with Gasteiger partial charge in [0.1, 0.15) is 11.1 Å². The van der Waals surface area contributed by atoms with Gasteiger partial charge in [-0.1, -0.05) is 23.4 Å². The highest BCUT2D eigenvalue weighted by Crippen LogP contribution is 2.26. The van der Waals surface area contributed by atoms with E-state index in [1.807, 2.05) is 6.07 Å². The number of hydrogen-bond acceptors (Lipinski definition) is 4. The highest BCUT2D eigenvalue weighted by molar-refractivity contribution is 9.10. The Bertz CT molecular complexity index is 718. The first-order valence-electron chi connectivity index (χ1n) is 5.83. The van der Waals surface area contributed by atoms with E-state index < -0.39 is 0 Å². The first-order chi connectivity index (χ1) is 10.1. The third kappa shape index (κ3) is 4.46. The maximum Gasteiger partial charge on any atom is 0.234 e. The lowest BCUT2D eigenvalue weighted by Gasteiger charge is -2.06. The summed E-state index contributed by atoms with van der Waals surface area (Å²) in [6.07, 6.45) is 1.59. The fourth-order valence-corrected chi connectivity index (χ4v) is 2.67. The Labute approximate surface area is 139 Å². The normalized spacial score (nSPS) is 9.95.